The topological polar surface area (TPSA) is 35.9 Å². The number of hydrogen-bond acceptors (Lipinski definition) is 5. The molecule has 0 atom stereocenters. The van der Waals surface area contributed by atoms with Gasteiger partial charge in [0.05, 0.1) is 4.91 Å². The van der Waals surface area contributed by atoms with Crippen molar-refractivity contribution in [3.05, 3.63) is 57.1 Å². The molecule has 0 spiro atoms. The quantitative estimate of drug-likeness (QED) is 0.754. The van der Waals surface area contributed by atoms with E-state index >= 15 is 0 Å². The number of benzene rings is 1. The summed E-state index contributed by atoms with van der Waals surface area (Å²) in [5.41, 5.74) is 1.26. The second-order valence-electron chi connectivity index (χ2n) is 6.07. The lowest BCUT2D eigenvalue weighted by atomic mass is 10.2. The van der Waals surface area contributed by atoms with E-state index in [9.17, 15) is 4.79 Å². The van der Waals surface area contributed by atoms with E-state index in [2.05, 4.69) is 58.1 Å². The Balaban J connectivity index is 1.40. The zero-order valence-electron chi connectivity index (χ0n) is 14.0. The number of thioether (sulfide) groups is 1. The van der Waals surface area contributed by atoms with Gasteiger partial charge in [0.15, 0.2) is 5.17 Å². The molecule has 0 bridgehead atoms. The van der Waals surface area contributed by atoms with E-state index in [1.807, 2.05) is 12.1 Å². The lowest BCUT2D eigenvalue weighted by molar-refractivity contribution is -0.113. The molecule has 1 aromatic heterocycles. The third-order valence-corrected chi connectivity index (χ3v) is 6.31. The molecule has 6 heteroatoms. The molecule has 0 aliphatic carbocycles. The molecule has 0 N–H and O–H groups in total. The molecule has 0 radical (unpaired) electrons. The summed E-state index contributed by atoms with van der Waals surface area (Å²) in [7, 11) is 0. The highest BCUT2D eigenvalue weighted by atomic mass is 32.2. The Morgan fingerprint density at radius 3 is 2.40 bits per heavy atom. The minimum atomic E-state index is -0.114. The van der Waals surface area contributed by atoms with E-state index in [1.165, 1.54) is 22.3 Å². The first-order valence-corrected chi connectivity index (χ1v) is 9.96. The van der Waals surface area contributed by atoms with Crippen molar-refractivity contribution in [1.29, 1.82) is 0 Å². The average Bonchev–Trinajstić information content (AvgIpc) is 3.22. The number of amides is 1. The van der Waals surface area contributed by atoms with Crippen molar-refractivity contribution in [2.24, 2.45) is 4.99 Å². The minimum absolute atomic E-state index is 0.114. The van der Waals surface area contributed by atoms with Crippen molar-refractivity contribution in [1.82, 2.24) is 4.90 Å². The maximum atomic E-state index is 12.2. The fourth-order valence-electron chi connectivity index (χ4n) is 2.99. The van der Waals surface area contributed by atoms with Gasteiger partial charge in [0.2, 0.25) is 0 Å². The summed E-state index contributed by atoms with van der Waals surface area (Å²) in [6, 6.07) is 14.6. The van der Waals surface area contributed by atoms with E-state index in [-0.39, 0.29) is 5.91 Å². The van der Waals surface area contributed by atoms with Gasteiger partial charge in [-0.15, -0.1) is 11.3 Å². The number of carbonyl (C=O) groups excluding carboxylic acids is 1. The Labute approximate surface area is 155 Å². The predicted octanol–water partition coefficient (Wildman–Crippen LogP) is 3.85. The van der Waals surface area contributed by atoms with Gasteiger partial charge in [0.25, 0.3) is 5.91 Å². The van der Waals surface area contributed by atoms with Crippen LogP contribution in [0.25, 0.3) is 6.08 Å². The third-order valence-electron chi connectivity index (χ3n) is 4.32. The van der Waals surface area contributed by atoms with Gasteiger partial charge in [0.1, 0.15) is 0 Å². The molecule has 4 rings (SSSR count). The molecule has 1 saturated heterocycles. The van der Waals surface area contributed by atoms with Gasteiger partial charge in [0, 0.05) is 41.6 Å². The highest BCUT2D eigenvalue weighted by Gasteiger charge is 2.28. The maximum absolute atomic E-state index is 12.2. The average molecular weight is 370 g/mol. The monoisotopic (exact) mass is 369 g/mol. The first kappa shape index (κ1) is 16.4. The Kier molecular flexibility index (Phi) is 4.63. The molecule has 4 nitrogen and oxygen atoms in total. The SMILES string of the molecule is Cc1ccc(/C=C2/SC(N3CCN(c4ccccc4)CC3)=NC2=O)s1. The van der Waals surface area contributed by atoms with E-state index in [0.717, 1.165) is 41.1 Å². The summed E-state index contributed by atoms with van der Waals surface area (Å²) in [5, 5.41) is 0.845. The zero-order chi connectivity index (χ0) is 17.2. The molecular formula is C19H19N3OS2. The summed E-state index contributed by atoms with van der Waals surface area (Å²) in [6.45, 7) is 5.74. The second-order valence-corrected chi connectivity index (χ2v) is 8.40. The molecular weight excluding hydrogens is 350 g/mol. The van der Waals surface area contributed by atoms with Crippen molar-refractivity contribution >= 4 is 45.9 Å². The number of anilines is 1. The molecule has 25 heavy (non-hydrogen) atoms. The first-order valence-electron chi connectivity index (χ1n) is 8.33. The number of aryl methyl sites for hydroxylation is 1. The number of carbonyl (C=O) groups is 1. The Hall–Kier alpha value is -2.05. The summed E-state index contributed by atoms with van der Waals surface area (Å²) in [6.07, 6.45) is 1.96. The van der Waals surface area contributed by atoms with Crippen LogP contribution in [0.4, 0.5) is 5.69 Å². The van der Waals surface area contributed by atoms with Crippen LogP contribution < -0.4 is 4.90 Å². The van der Waals surface area contributed by atoms with Crippen molar-refractivity contribution in [2.75, 3.05) is 31.1 Å². The van der Waals surface area contributed by atoms with Crippen LogP contribution in [0.1, 0.15) is 9.75 Å². The number of amidine groups is 1. The maximum Gasteiger partial charge on any atom is 0.286 e. The van der Waals surface area contributed by atoms with Crippen LogP contribution >= 0.6 is 23.1 Å². The van der Waals surface area contributed by atoms with E-state index in [4.69, 9.17) is 0 Å². The first-order chi connectivity index (χ1) is 12.2. The number of para-hydroxylation sites is 1. The Bertz CT molecular complexity index is 833. The van der Waals surface area contributed by atoms with Gasteiger partial charge in [-0.3, -0.25) is 4.79 Å². The number of aliphatic imine (C=N–C) groups is 1. The van der Waals surface area contributed by atoms with E-state index in [1.54, 1.807) is 11.3 Å². The smallest absolute Gasteiger partial charge is 0.286 e. The number of nitrogens with zero attached hydrogens (tertiary/aromatic N) is 3. The van der Waals surface area contributed by atoms with Crippen molar-refractivity contribution in [3.63, 3.8) is 0 Å². The molecule has 1 amide bonds. The lowest BCUT2D eigenvalue weighted by Gasteiger charge is -2.36. The van der Waals surface area contributed by atoms with Gasteiger partial charge >= 0.3 is 0 Å². The number of hydrogen-bond donors (Lipinski definition) is 0. The molecule has 1 fully saturated rings. The molecule has 2 aliphatic heterocycles. The summed E-state index contributed by atoms with van der Waals surface area (Å²) < 4.78 is 0. The fraction of sp³-hybridized carbons (Fsp3) is 0.263. The molecule has 1 aromatic carbocycles. The van der Waals surface area contributed by atoms with Crippen LogP contribution in [-0.2, 0) is 4.79 Å². The van der Waals surface area contributed by atoms with Crippen LogP contribution in [0, 0.1) is 6.92 Å². The van der Waals surface area contributed by atoms with Gasteiger partial charge in [-0.25, -0.2) is 0 Å². The minimum Gasteiger partial charge on any atom is -0.368 e. The highest BCUT2D eigenvalue weighted by Crippen LogP contribution is 2.32. The van der Waals surface area contributed by atoms with Gasteiger partial charge in [-0.05, 0) is 49.0 Å². The van der Waals surface area contributed by atoms with E-state index in [0.29, 0.717) is 0 Å². The van der Waals surface area contributed by atoms with Gasteiger partial charge in [-0.1, -0.05) is 18.2 Å². The molecule has 0 saturated carbocycles. The molecule has 2 aliphatic rings. The normalized spacial score (nSPS) is 19.6. The predicted molar refractivity (Wildman–Crippen MR) is 107 cm³/mol. The fourth-order valence-corrected chi connectivity index (χ4v) is 4.84. The number of rotatable bonds is 2. The van der Waals surface area contributed by atoms with Crippen LogP contribution in [0.3, 0.4) is 0 Å². The van der Waals surface area contributed by atoms with Crippen molar-refractivity contribution < 1.29 is 4.79 Å². The second kappa shape index (κ2) is 7.06. The summed E-state index contributed by atoms with van der Waals surface area (Å²) >= 11 is 3.20. The standard InChI is InChI=1S/C19H19N3OS2/c1-14-7-8-16(24-14)13-17-18(23)20-19(25-17)22-11-9-21(10-12-22)15-5-3-2-4-6-15/h2-8,13H,9-12H2,1H3/b17-13+. The largest absolute Gasteiger partial charge is 0.368 e. The van der Waals surface area contributed by atoms with E-state index < -0.39 is 0 Å². The number of thiophene rings is 1. The zero-order valence-corrected chi connectivity index (χ0v) is 15.6. The molecule has 3 heterocycles. The van der Waals surface area contributed by atoms with Crippen molar-refractivity contribution in [2.45, 2.75) is 6.92 Å². The Morgan fingerprint density at radius 2 is 1.72 bits per heavy atom. The lowest BCUT2D eigenvalue weighted by Crippen LogP contribution is -2.47. The summed E-state index contributed by atoms with van der Waals surface area (Å²) in [4.78, 5) is 24.2. The van der Waals surface area contributed by atoms with Gasteiger partial charge < -0.3 is 9.80 Å². The highest BCUT2D eigenvalue weighted by molar-refractivity contribution is 8.18. The number of piperazine rings is 1. The van der Waals surface area contributed by atoms with Crippen LogP contribution in [0.2, 0.25) is 0 Å². The third kappa shape index (κ3) is 3.65. The summed E-state index contributed by atoms with van der Waals surface area (Å²) in [5.74, 6) is -0.114. The molecule has 2 aromatic rings. The van der Waals surface area contributed by atoms with Crippen molar-refractivity contribution in [3.8, 4) is 0 Å². The molecule has 0 unspecified atom stereocenters. The molecule has 128 valence electrons. The van der Waals surface area contributed by atoms with Crippen LogP contribution in [-0.4, -0.2) is 42.2 Å². The van der Waals surface area contributed by atoms with Crippen LogP contribution in [0.5, 0.6) is 0 Å². The van der Waals surface area contributed by atoms with Gasteiger partial charge in [-0.2, -0.15) is 4.99 Å². The van der Waals surface area contributed by atoms with Crippen LogP contribution in [0.15, 0.2) is 52.4 Å². The Morgan fingerprint density at radius 1 is 1.00 bits per heavy atom.